The highest BCUT2D eigenvalue weighted by molar-refractivity contribution is 5.59. The molecular weight excluding hydrogens is 194 g/mol. The van der Waals surface area contributed by atoms with Crippen molar-refractivity contribution in [3.05, 3.63) is 29.8 Å². The van der Waals surface area contributed by atoms with E-state index < -0.39 is 0 Å². The van der Waals surface area contributed by atoms with Gasteiger partial charge in [0.05, 0.1) is 0 Å². The van der Waals surface area contributed by atoms with Gasteiger partial charge in [-0.1, -0.05) is 59.7 Å². The van der Waals surface area contributed by atoms with Gasteiger partial charge in [0.25, 0.3) is 0 Å². The van der Waals surface area contributed by atoms with Gasteiger partial charge in [0.15, 0.2) is 0 Å². The van der Waals surface area contributed by atoms with Crippen LogP contribution in [0.4, 0.5) is 5.69 Å². The first-order chi connectivity index (χ1) is 7.76. The molecule has 1 heterocycles. The van der Waals surface area contributed by atoms with Crippen LogP contribution >= 0.6 is 0 Å². The van der Waals surface area contributed by atoms with Crippen LogP contribution in [-0.2, 0) is 5.41 Å². The van der Waals surface area contributed by atoms with E-state index in [1.165, 1.54) is 17.7 Å². The number of benzene rings is 1. The number of hydrogen-bond acceptors (Lipinski definition) is 1. The molecule has 1 aromatic rings. The second kappa shape index (κ2) is 7.32. The Hall–Kier alpha value is -0.980. The molecule has 1 aliphatic rings. The summed E-state index contributed by atoms with van der Waals surface area (Å²) in [7, 11) is 0. The fourth-order valence-corrected chi connectivity index (χ4v) is 1.86. The van der Waals surface area contributed by atoms with Crippen molar-refractivity contribution in [2.24, 2.45) is 0 Å². The Morgan fingerprint density at radius 3 is 2.25 bits per heavy atom. The summed E-state index contributed by atoms with van der Waals surface area (Å²) in [5, 5.41) is 3.44. The highest BCUT2D eigenvalue weighted by atomic mass is 14.9. The molecule has 0 spiro atoms. The van der Waals surface area contributed by atoms with Gasteiger partial charge in [-0.15, -0.1) is 0 Å². The largest absolute Gasteiger partial charge is 0.384 e. The maximum absolute atomic E-state index is 3.44. The van der Waals surface area contributed by atoms with Crippen LogP contribution in [0.2, 0.25) is 0 Å². The predicted molar refractivity (Wildman–Crippen MR) is 75.3 cm³/mol. The SMILES string of the molecule is CC.CC.CCC1(C)CNc2ccccc21. The zero-order chi connectivity index (χ0) is 12.6. The Morgan fingerprint density at radius 1 is 1.12 bits per heavy atom. The lowest BCUT2D eigenvalue weighted by molar-refractivity contribution is 0.504. The molecule has 1 unspecified atom stereocenters. The molecule has 0 bridgehead atoms. The van der Waals surface area contributed by atoms with Gasteiger partial charge in [0.2, 0.25) is 0 Å². The van der Waals surface area contributed by atoms with Crippen molar-refractivity contribution in [3.63, 3.8) is 0 Å². The van der Waals surface area contributed by atoms with E-state index in [9.17, 15) is 0 Å². The highest BCUT2D eigenvalue weighted by Gasteiger charge is 2.31. The minimum absolute atomic E-state index is 0.358. The third-order valence-corrected chi connectivity index (χ3v) is 3.03. The summed E-state index contributed by atoms with van der Waals surface area (Å²) in [4.78, 5) is 0. The highest BCUT2D eigenvalue weighted by Crippen LogP contribution is 2.38. The lowest BCUT2D eigenvalue weighted by Crippen LogP contribution is -2.22. The van der Waals surface area contributed by atoms with Crippen LogP contribution in [0.3, 0.4) is 0 Å². The molecule has 1 nitrogen and oxygen atoms in total. The van der Waals surface area contributed by atoms with Crippen LogP contribution in [0.25, 0.3) is 0 Å². The van der Waals surface area contributed by atoms with Gasteiger partial charge < -0.3 is 5.32 Å². The Balaban J connectivity index is 0.000000509. The summed E-state index contributed by atoms with van der Waals surface area (Å²) >= 11 is 0. The molecule has 16 heavy (non-hydrogen) atoms. The van der Waals surface area contributed by atoms with E-state index in [-0.39, 0.29) is 0 Å². The topological polar surface area (TPSA) is 12.0 Å². The molecule has 1 atom stereocenters. The second-order valence-electron chi connectivity index (χ2n) is 3.81. The Morgan fingerprint density at radius 2 is 1.69 bits per heavy atom. The zero-order valence-electron chi connectivity index (χ0n) is 11.7. The standard InChI is InChI=1S/C11H15N.2C2H6/c1-3-11(2)8-12-10-7-5-4-6-9(10)11;2*1-2/h4-7,12H,3,8H2,1-2H3;2*1-2H3. The van der Waals surface area contributed by atoms with E-state index in [1.807, 2.05) is 27.7 Å². The first kappa shape index (κ1) is 15.0. The number of nitrogens with one attached hydrogen (secondary N) is 1. The molecule has 0 aromatic heterocycles. The Bertz CT molecular complexity index is 293. The number of rotatable bonds is 1. The average molecular weight is 221 g/mol. The summed E-state index contributed by atoms with van der Waals surface area (Å²) < 4.78 is 0. The predicted octanol–water partition coefficient (Wildman–Crippen LogP) is 4.83. The van der Waals surface area contributed by atoms with E-state index in [1.54, 1.807) is 0 Å². The third-order valence-electron chi connectivity index (χ3n) is 3.03. The molecule has 1 aromatic carbocycles. The van der Waals surface area contributed by atoms with E-state index >= 15 is 0 Å². The molecule has 0 aliphatic carbocycles. The molecular formula is C15H27N. The van der Waals surface area contributed by atoms with E-state index in [0.717, 1.165) is 6.54 Å². The van der Waals surface area contributed by atoms with Gasteiger partial charge in [-0.05, 0) is 18.1 Å². The van der Waals surface area contributed by atoms with Gasteiger partial charge >= 0.3 is 0 Å². The van der Waals surface area contributed by atoms with Gasteiger partial charge in [-0.25, -0.2) is 0 Å². The van der Waals surface area contributed by atoms with E-state index in [2.05, 4.69) is 43.4 Å². The summed E-state index contributed by atoms with van der Waals surface area (Å²) in [5.41, 5.74) is 3.16. The van der Waals surface area contributed by atoms with Crippen molar-refractivity contribution < 1.29 is 0 Å². The summed E-state index contributed by atoms with van der Waals surface area (Å²) in [6, 6.07) is 8.61. The van der Waals surface area contributed by atoms with Crippen LogP contribution in [0.1, 0.15) is 53.5 Å². The minimum atomic E-state index is 0.358. The van der Waals surface area contributed by atoms with Crippen LogP contribution in [0, 0.1) is 0 Å². The van der Waals surface area contributed by atoms with Crippen molar-refractivity contribution in [1.82, 2.24) is 0 Å². The second-order valence-corrected chi connectivity index (χ2v) is 3.81. The fourth-order valence-electron chi connectivity index (χ4n) is 1.86. The lowest BCUT2D eigenvalue weighted by Gasteiger charge is -2.21. The number of fused-ring (bicyclic) bond motifs is 1. The van der Waals surface area contributed by atoms with Gasteiger partial charge in [0, 0.05) is 17.6 Å². The van der Waals surface area contributed by atoms with E-state index in [4.69, 9.17) is 0 Å². The molecule has 1 heteroatoms. The van der Waals surface area contributed by atoms with Crippen molar-refractivity contribution in [3.8, 4) is 0 Å². The van der Waals surface area contributed by atoms with Crippen molar-refractivity contribution >= 4 is 5.69 Å². The summed E-state index contributed by atoms with van der Waals surface area (Å²) in [6.45, 7) is 13.7. The molecule has 0 radical (unpaired) electrons. The minimum Gasteiger partial charge on any atom is -0.384 e. The molecule has 0 saturated carbocycles. The molecule has 0 amide bonds. The molecule has 1 aliphatic heterocycles. The quantitative estimate of drug-likeness (QED) is 0.716. The summed E-state index contributed by atoms with van der Waals surface area (Å²) in [5.74, 6) is 0. The number of hydrogen-bond donors (Lipinski definition) is 1. The van der Waals surface area contributed by atoms with Crippen molar-refractivity contribution in [2.75, 3.05) is 11.9 Å². The maximum atomic E-state index is 3.44. The van der Waals surface area contributed by atoms with Crippen LogP contribution in [0.15, 0.2) is 24.3 Å². The van der Waals surface area contributed by atoms with Gasteiger partial charge in [-0.3, -0.25) is 0 Å². The van der Waals surface area contributed by atoms with Crippen LogP contribution in [0.5, 0.6) is 0 Å². The summed E-state index contributed by atoms with van der Waals surface area (Å²) in [6.07, 6.45) is 1.21. The molecule has 0 saturated heterocycles. The zero-order valence-corrected chi connectivity index (χ0v) is 11.7. The fraction of sp³-hybridized carbons (Fsp3) is 0.600. The monoisotopic (exact) mass is 221 g/mol. The molecule has 0 fully saturated rings. The Labute approximate surface area is 101 Å². The molecule has 1 N–H and O–H groups in total. The van der Waals surface area contributed by atoms with Crippen LogP contribution < -0.4 is 5.32 Å². The first-order valence-corrected chi connectivity index (χ1v) is 6.60. The van der Waals surface area contributed by atoms with Crippen molar-refractivity contribution in [1.29, 1.82) is 0 Å². The van der Waals surface area contributed by atoms with Crippen LogP contribution in [-0.4, -0.2) is 6.54 Å². The first-order valence-electron chi connectivity index (χ1n) is 6.60. The van der Waals surface area contributed by atoms with E-state index in [0.29, 0.717) is 5.41 Å². The normalized spacial score (nSPS) is 20.6. The number of anilines is 1. The molecule has 2 rings (SSSR count). The lowest BCUT2D eigenvalue weighted by atomic mass is 9.82. The smallest absolute Gasteiger partial charge is 0.0379 e. The number of para-hydroxylation sites is 1. The average Bonchev–Trinajstić information content (AvgIpc) is 2.74. The maximum Gasteiger partial charge on any atom is 0.0379 e. The van der Waals surface area contributed by atoms with Gasteiger partial charge in [-0.2, -0.15) is 0 Å². The molecule has 92 valence electrons. The van der Waals surface area contributed by atoms with Gasteiger partial charge in [0.1, 0.15) is 0 Å². The Kier molecular flexibility index (Phi) is 6.87. The third kappa shape index (κ3) is 3.01. The van der Waals surface area contributed by atoms with Crippen molar-refractivity contribution in [2.45, 2.75) is 53.4 Å².